The summed E-state index contributed by atoms with van der Waals surface area (Å²) in [4.78, 5) is 25.4. The van der Waals surface area contributed by atoms with Crippen molar-refractivity contribution >= 4 is 17.5 Å². The minimum atomic E-state index is -0.509. The van der Waals surface area contributed by atoms with Gasteiger partial charge in [-0.25, -0.2) is 8.78 Å². The van der Waals surface area contributed by atoms with Gasteiger partial charge in [-0.2, -0.15) is 0 Å². The van der Waals surface area contributed by atoms with E-state index in [2.05, 4.69) is 0 Å². The van der Waals surface area contributed by atoms with Crippen molar-refractivity contribution < 1.29 is 18.4 Å². The van der Waals surface area contributed by atoms with Gasteiger partial charge in [-0.1, -0.05) is 12.1 Å². The van der Waals surface area contributed by atoms with Crippen molar-refractivity contribution in [3.8, 4) is 0 Å². The molecule has 1 fully saturated rings. The molecule has 0 aromatic heterocycles. The zero-order valence-corrected chi connectivity index (χ0v) is 13.5. The van der Waals surface area contributed by atoms with E-state index in [0.29, 0.717) is 12.1 Å². The first-order valence-electron chi connectivity index (χ1n) is 8.06. The predicted molar refractivity (Wildman–Crippen MR) is 89.8 cm³/mol. The van der Waals surface area contributed by atoms with Crippen molar-refractivity contribution in [2.24, 2.45) is 11.7 Å². The minimum absolute atomic E-state index is 0.0249. The maximum Gasteiger partial charge on any atom is 0.230 e. The maximum absolute atomic E-state index is 13.1. The van der Waals surface area contributed by atoms with Crippen LogP contribution in [-0.2, 0) is 9.59 Å². The van der Waals surface area contributed by atoms with Crippen LogP contribution in [0.5, 0.6) is 0 Å². The van der Waals surface area contributed by atoms with Crippen LogP contribution in [0.3, 0.4) is 0 Å². The van der Waals surface area contributed by atoms with Crippen LogP contribution >= 0.6 is 0 Å². The highest BCUT2D eigenvalue weighted by Gasteiger charge is 2.46. The Labute approximate surface area is 144 Å². The van der Waals surface area contributed by atoms with Gasteiger partial charge < -0.3 is 10.6 Å². The summed E-state index contributed by atoms with van der Waals surface area (Å²) in [5, 5.41) is 0. The molecule has 2 unspecified atom stereocenters. The van der Waals surface area contributed by atoms with Crippen LogP contribution in [0.2, 0.25) is 0 Å². The van der Waals surface area contributed by atoms with E-state index in [1.807, 2.05) is 0 Å². The van der Waals surface area contributed by atoms with Gasteiger partial charge in [0.2, 0.25) is 11.8 Å². The van der Waals surface area contributed by atoms with Crippen molar-refractivity contribution in [2.75, 3.05) is 11.4 Å². The highest BCUT2D eigenvalue weighted by molar-refractivity contribution is 5.98. The molecule has 2 aromatic carbocycles. The average Bonchev–Trinajstić information content (AvgIpc) is 3.37. The van der Waals surface area contributed by atoms with Crippen LogP contribution in [-0.4, -0.2) is 18.4 Å². The third-order valence-corrected chi connectivity index (χ3v) is 4.39. The summed E-state index contributed by atoms with van der Waals surface area (Å²) in [5.74, 6) is -1.57. The van der Waals surface area contributed by atoms with Crippen molar-refractivity contribution in [2.45, 2.75) is 18.8 Å². The van der Waals surface area contributed by atoms with Crippen LogP contribution in [0, 0.1) is 17.6 Å². The smallest absolute Gasteiger partial charge is 0.230 e. The Morgan fingerprint density at radius 2 is 1.56 bits per heavy atom. The van der Waals surface area contributed by atoms with E-state index >= 15 is 0 Å². The second kappa shape index (κ2) is 7.01. The quantitative estimate of drug-likeness (QED) is 0.876. The fraction of sp³-hybridized carbons (Fsp3) is 0.263. The van der Waals surface area contributed by atoms with Crippen molar-refractivity contribution in [1.82, 2.24) is 0 Å². The summed E-state index contributed by atoms with van der Waals surface area (Å²) in [6, 6.07) is 11.7. The van der Waals surface area contributed by atoms with Crippen LogP contribution < -0.4 is 10.6 Å². The van der Waals surface area contributed by atoms with Gasteiger partial charge in [0, 0.05) is 24.6 Å². The molecule has 4 nitrogen and oxygen atoms in total. The predicted octanol–water partition coefficient (Wildman–Crippen LogP) is 2.98. The van der Waals surface area contributed by atoms with E-state index in [-0.39, 0.29) is 36.5 Å². The number of hydrogen-bond donors (Lipinski definition) is 1. The second-order valence-electron chi connectivity index (χ2n) is 6.18. The lowest BCUT2D eigenvalue weighted by atomic mass is 10.1. The third-order valence-electron chi connectivity index (χ3n) is 4.39. The van der Waals surface area contributed by atoms with Gasteiger partial charge in [-0.15, -0.1) is 0 Å². The van der Waals surface area contributed by atoms with Gasteiger partial charge in [-0.05, 0) is 54.3 Å². The van der Waals surface area contributed by atoms with E-state index in [1.165, 1.54) is 41.3 Å². The number of carbonyl (C=O) groups is 2. The zero-order valence-electron chi connectivity index (χ0n) is 13.5. The molecule has 25 heavy (non-hydrogen) atoms. The van der Waals surface area contributed by atoms with Crippen LogP contribution in [0.1, 0.15) is 24.3 Å². The summed E-state index contributed by atoms with van der Waals surface area (Å²) in [7, 11) is 0. The minimum Gasteiger partial charge on any atom is -0.370 e. The normalized spacial score (nSPS) is 18.6. The molecule has 130 valence electrons. The summed E-state index contributed by atoms with van der Waals surface area (Å²) < 4.78 is 26.2. The van der Waals surface area contributed by atoms with Crippen molar-refractivity contribution in [3.63, 3.8) is 0 Å². The molecule has 2 N–H and O–H groups in total. The summed E-state index contributed by atoms with van der Waals surface area (Å²) in [6.07, 6.45) is 0.690. The Kier molecular flexibility index (Phi) is 4.79. The van der Waals surface area contributed by atoms with Gasteiger partial charge in [0.05, 0.1) is 0 Å². The molecule has 2 aromatic rings. The largest absolute Gasteiger partial charge is 0.370 e. The van der Waals surface area contributed by atoms with Crippen molar-refractivity contribution in [3.05, 3.63) is 65.7 Å². The zero-order chi connectivity index (χ0) is 18.0. The van der Waals surface area contributed by atoms with E-state index < -0.39 is 11.7 Å². The number of anilines is 1. The molecule has 1 aliphatic carbocycles. The Bertz CT molecular complexity index is 775. The second-order valence-corrected chi connectivity index (χ2v) is 6.18. The molecule has 1 saturated carbocycles. The molecule has 6 heteroatoms. The van der Waals surface area contributed by atoms with Crippen LogP contribution in [0.15, 0.2) is 48.5 Å². The summed E-state index contributed by atoms with van der Waals surface area (Å²) in [6.45, 7) is 0.145. The molecule has 3 rings (SSSR count). The third kappa shape index (κ3) is 4.02. The molecule has 0 heterocycles. The van der Waals surface area contributed by atoms with E-state index in [9.17, 15) is 18.4 Å². The van der Waals surface area contributed by atoms with E-state index in [1.54, 1.807) is 12.1 Å². The number of primary amides is 1. The Morgan fingerprint density at radius 1 is 1.00 bits per heavy atom. The first-order chi connectivity index (χ1) is 12.0. The standard InChI is InChI=1S/C19H18F2N2O2/c20-13-3-1-12(2-4-13)16-11-17(16)19(25)23(10-9-18(22)24)15-7-5-14(21)6-8-15/h1-8,16-17H,9-11H2,(H2,22,24). The summed E-state index contributed by atoms with van der Waals surface area (Å²) in [5.41, 5.74) is 6.63. The first-order valence-corrected chi connectivity index (χ1v) is 8.06. The van der Waals surface area contributed by atoms with E-state index in [0.717, 1.165) is 5.56 Å². The van der Waals surface area contributed by atoms with Crippen LogP contribution in [0.25, 0.3) is 0 Å². The van der Waals surface area contributed by atoms with Gasteiger partial charge >= 0.3 is 0 Å². The molecule has 0 radical (unpaired) electrons. The molecule has 2 amide bonds. The highest BCUT2D eigenvalue weighted by atomic mass is 19.1. The van der Waals surface area contributed by atoms with Gasteiger partial charge in [0.1, 0.15) is 11.6 Å². The van der Waals surface area contributed by atoms with E-state index in [4.69, 9.17) is 5.73 Å². The van der Waals surface area contributed by atoms with Crippen LogP contribution in [0.4, 0.5) is 14.5 Å². The van der Waals surface area contributed by atoms with Gasteiger partial charge in [-0.3, -0.25) is 9.59 Å². The topological polar surface area (TPSA) is 63.4 Å². The molecule has 0 aliphatic heterocycles. The molecule has 1 aliphatic rings. The average molecular weight is 344 g/mol. The molecule has 0 saturated heterocycles. The lowest BCUT2D eigenvalue weighted by Gasteiger charge is -2.22. The first kappa shape index (κ1) is 17.1. The molecular formula is C19H18F2N2O2. The number of nitrogens with zero attached hydrogens (tertiary/aromatic N) is 1. The number of amides is 2. The molecular weight excluding hydrogens is 326 g/mol. The molecule has 0 spiro atoms. The Morgan fingerprint density at radius 3 is 2.12 bits per heavy atom. The number of halogens is 2. The fourth-order valence-electron chi connectivity index (χ4n) is 2.96. The number of nitrogens with two attached hydrogens (primary N) is 1. The van der Waals surface area contributed by atoms with Crippen molar-refractivity contribution in [1.29, 1.82) is 0 Å². The molecule has 0 bridgehead atoms. The highest BCUT2D eigenvalue weighted by Crippen LogP contribution is 2.48. The van der Waals surface area contributed by atoms with Gasteiger partial charge in [0.15, 0.2) is 0 Å². The number of rotatable bonds is 6. The SMILES string of the molecule is NC(=O)CCN(C(=O)C1CC1c1ccc(F)cc1)c1ccc(F)cc1. The number of carbonyl (C=O) groups excluding carboxylic acids is 2. The lowest BCUT2D eigenvalue weighted by molar-refractivity contribution is -0.120. The summed E-state index contributed by atoms with van der Waals surface area (Å²) >= 11 is 0. The Hall–Kier alpha value is -2.76. The number of benzene rings is 2. The monoisotopic (exact) mass is 344 g/mol. The molecule has 2 atom stereocenters. The maximum atomic E-state index is 13.1. The lowest BCUT2D eigenvalue weighted by Crippen LogP contribution is -2.35. The van der Waals surface area contributed by atoms with Gasteiger partial charge in [0.25, 0.3) is 0 Å². The Balaban J connectivity index is 1.76. The number of hydrogen-bond acceptors (Lipinski definition) is 2. The fourth-order valence-corrected chi connectivity index (χ4v) is 2.96.